The first-order chi connectivity index (χ1) is 13.5. The summed E-state index contributed by atoms with van der Waals surface area (Å²) in [5.74, 6) is 0.880. The van der Waals surface area contributed by atoms with Gasteiger partial charge in [-0.2, -0.15) is 0 Å². The Hall–Kier alpha value is -2.57. The van der Waals surface area contributed by atoms with E-state index in [-0.39, 0.29) is 29.6 Å². The molecule has 152 valence electrons. The molecule has 1 aromatic rings. The van der Waals surface area contributed by atoms with E-state index in [1.807, 2.05) is 23.1 Å². The zero-order valence-corrected chi connectivity index (χ0v) is 16.6. The highest BCUT2D eigenvalue weighted by Crippen LogP contribution is 2.31. The lowest BCUT2D eigenvalue weighted by atomic mass is 9.80. The van der Waals surface area contributed by atoms with Gasteiger partial charge in [0.05, 0.1) is 7.11 Å². The van der Waals surface area contributed by atoms with Gasteiger partial charge >= 0.3 is 0 Å². The van der Waals surface area contributed by atoms with E-state index in [2.05, 4.69) is 5.32 Å². The molecular weight excluding hydrogens is 358 g/mol. The van der Waals surface area contributed by atoms with Crippen LogP contribution in [0.15, 0.2) is 24.3 Å². The number of anilines is 1. The fourth-order valence-electron chi connectivity index (χ4n) is 4.05. The zero-order chi connectivity index (χ0) is 20.1. The summed E-state index contributed by atoms with van der Waals surface area (Å²) >= 11 is 0. The molecule has 3 amide bonds. The topological polar surface area (TPSA) is 79.0 Å². The fourth-order valence-corrected chi connectivity index (χ4v) is 4.05. The fraction of sp³-hybridized carbons (Fsp3) is 0.571. The van der Waals surface area contributed by atoms with Crippen molar-refractivity contribution in [3.63, 3.8) is 0 Å². The van der Waals surface area contributed by atoms with Crippen LogP contribution in [0.2, 0.25) is 0 Å². The molecule has 1 aliphatic heterocycles. The molecule has 1 aromatic carbocycles. The second-order valence-electron chi connectivity index (χ2n) is 7.60. The number of hydrogen-bond donors (Lipinski definition) is 1. The molecule has 3 rings (SSSR count). The molecule has 0 spiro atoms. The Bertz CT molecular complexity index is 720. The van der Waals surface area contributed by atoms with Crippen molar-refractivity contribution in [2.75, 3.05) is 38.6 Å². The van der Waals surface area contributed by atoms with Crippen LogP contribution in [0, 0.1) is 11.8 Å². The predicted octanol–water partition coefficient (Wildman–Crippen LogP) is 2.13. The van der Waals surface area contributed by atoms with E-state index in [1.54, 1.807) is 25.0 Å². The van der Waals surface area contributed by atoms with Crippen LogP contribution in [-0.4, -0.2) is 60.8 Å². The Morgan fingerprint density at radius 3 is 2.18 bits per heavy atom. The van der Waals surface area contributed by atoms with Crippen molar-refractivity contribution in [3.05, 3.63) is 24.3 Å². The van der Waals surface area contributed by atoms with E-state index < -0.39 is 0 Å². The minimum atomic E-state index is -0.0650. The summed E-state index contributed by atoms with van der Waals surface area (Å²) in [6, 6.07) is 7.32. The molecule has 1 aliphatic carbocycles. The molecule has 0 atom stereocenters. The molecule has 1 heterocycles. The number of carbonyl (C=O) groups is 3. The van der Waals surface area contributed by atoms with Crippen LogP contribution in [0.25, 0.3) is 0 Å². The van der Waals surface area contributed by atoms with Gasteiger partial charge in [-0.15, -0.1) is 0 Å². The van der Waals surface area contributed by atoms with Crippen molar-refractivity contribution >= 4 is 23.4 Å². The van der Waals surface area contributed by atoms with Gasteiger partial charge in [-0.1, -0.05) is 6.07 Å². The monoisotopic (exact) mass is 387 g/mol. The Morgan fingerprint density at radius 2 is 1.57 bits per heavy atom. The first kappa shape index (κ1) is 20.2. The number of piperazine rings is 1. The van der Waals surface area contributed by atoms with Crippen molar-refractivity contribution in [1.82, 2.24) is 9.80 Å². The predicted molar refractivity (Wildman–Crippen MR) is 106 cm³/mol. The number of methoxy groups -OCH3 is 1. The number of rotatable bonds is 4. The first-order valence-electron chi connectivity index (χ1n) is 9.97. The van der Waals surface area contributed by atoms with E-state index >= 15 is 0 Å². The van der Waals surface area contributed by atoms with Gasteiger partial charge in [0.1, 0.15) is 5.75 Å². The van der Waals surface area contributed by atoms with Crippen molar-refractivity contribution < 1.29 is 19.1 Å². The standard InChI is InChI=1S/C21H29N3O4/c1-15(25)23-10-12-24(13-11-23)21(27)17-8-6-16(7-9-17)20(26)22-18-4-3-5-19(14-18)28-2/h3-5,14,16-17H,6-13H2,1-2H3,(H,22,26). The Labute approximate surface area is 166 Å². The van der Waals surface area contributed by atoms with Gasteiger partial charge in [-0.05, 0) is 37.8 Å². The van der Waals surface area contributed by atoms with Gasteiger partial charge in [-0.3, -0.25) is 14.4 Å². The third-order valence-electron chi connectivity index (χ3n) is 5.82. The highest BCUT2D eigenvalue weighted by Gasteiger charge is 2.33. The molecule has 1 saturated carbocycles. The summed E-state index contributed by atoms with van der Waals surface area (Å²) in [5, 5.41) is 2.96. The maximum absolute atomic E-state index is 12.8. The second-order valence-corrected chi connectivity index (χ2v) is 7.60. The summed E-state index contributed by atoms with van der Waals surface area (Å²) in [5.41, 5.74) is 0.728. The molecule has 0 bridgehead atoms. The van der Waals surface area contributed by atoms with Gasteiger partial charge < -0.3 is 19.9 Å². The lowest BCUT2D eigenvalue weighted by molar-refractivity contribution is -0.142. The van der Waals surface area contributed by atoms with E-state index in [9.17, 15) is 14.4 Å². The van der Waals surface area contributed by atoms with E-state index in [0.717, 1.165) is 31.4 Å². The van der Waals surface area contributed by atoms with Crippen LogP contribution in [0.5, 0.6) is 5.75 Å². The van der Waals surface area contributed by atoms with Crippen LogP contribution < -0.4 is 10.1 Å². The minimum absolute atomic E-state index is 0.00854. The van der Waals surface area contributed by atoms with E-state index in [0.29, 0.717) is 31.9 Å². The van der Waals surface area contributed by atoms with Crippen LogP contribution in [0.3, 0.4) is 0 Å². The van der Waals surface area contributed by atoms with Crippen LogP contribution in [0.1, 0.15) is 32.6 Å². The first-order valence-corrected chi connectivity index (χ1v) is 9.97. The number of nitrogens with zero attached hydrogens (tertiary/aromatic N) is 2. The minimum Gasteiger partial charge on any atom is -0.497 e. The normalized spacial score (nSPS) is 22.5. The number of amides is 3. The molecule has 0 radical (unpaired) electrons. The Morgan fingerprint density at radius 1 is 0.964 bits per heavy atom. The highest BCUT2D eigenvalue weighted by molar-refractivity contribution is 5.93. The number of hydrogen-bond acceptors (Lipinski definition) is 4. The molecule has 28 heavy (non-hydrogen) atoms. The average Bonchev–Trinajstić information content (AvgIpc) is 2.73. The molecule has 2 fully saturated rings. The number of ether oxygens (including phenoxy) is 1. The largest absolute Gasteiger partial charge is 0.497 e. The van der Waals surface area contributed by atoms with Gasteiger partial charge in [-0.25, -0.2) is 0 Å². The molecule has 2 aliphatic rings. The van der Waals surface area contributed by atoms with Gasteiger partial charge in [0, 0.05) is 56.7 Å². The van der Waals surface area contributed by atoms with Gasteiger partial charge in [0.2, 0.25) is 17.7 Å². The molecule has 0 unspecified atom stereocenters. The average molecular weight is 387 g/mol. The quantitative estimate of drug-likeness (QED) is 0.858. The smallest absolute Gasteiger partial charge is 0.227 e. The number of carbonyl (C=O) groups excluding carboxylic acids is 3. The Balaban J connectivity index is 1.46. The second kappa shape index (κ2) is 9.08. The summed E-state index contributed by atoms with van der Waals surface area (Å²) in [7, 11) is 1.60. The van der Waals surface area contributed by atoms with E-state index in [1.165, 1.54) is 0 Å². The molecule has 1 saturated heterocycles. The zero-order valence-electron chi connectivity index (χ0n) is 16.6. The van der Waals surface area contributed by atoms with Crippen LogP contribution in [-0.2, 0) is 14.4 Å². The van der Waals surface area contributed by atoms with Crippen molar-refractivity contribution in [1.29, 1.82) is 0 Å². The lowest BCUT2D eigenvalue weighted by Crippen LogP contribution is -2.51. The molecule has 7 nitrogen and oxygen atoms in total. The van der Waals surface area contributed by atoms with Crippen molar-refractivity contribution in [2.45, 2.75) is 32.6 Å². The Kier molecular flexibility index (Phi) is 6.54. The summed E-state index contributed by atoms with van der Waals surface area (Å²) in [4.78, 5) is 40.4. The SMILES string of the molecule is COc1cccc(NC(=O)C2CCC(C(=O)N3CCN(C(C)=O)CC3)CC2)c1. The molecular formula is C21H29N3O4. The maximum Gasteiger partial charge on any atom is 0.227 e. The summed E-state index contributed by atoms with van der Waals surface area (Å²) in [6.07, 6.45) is 2.92. The number of benzene rings is 1. The van der Waals surface area contributed by atoms with Crippen LogP contribution >= 0.6 is 0 Å². The highest BCUT2D eigenvalue weighted by atomic mass is 16.5. The molecule has 0 aromatic heterocycles. The van der Waals surface area contributed by atoms with Crippen LogP contribution in [0.4, 0.5) is 5.69 Å². The molecule has 7 heteroatoms. The maximum atomic E-state index is 12.8. The third-order valence-corrected chi connectivity index (χ3v) is 5.82. The van der Waals surface area contributed by atoms with Gasteiger partial charge in [0.15, 0.2) is 0 Å². The lowest BCUT2D eigenvalue weighted by Gasteiger charge is -2.37. The van der Waals surface area contributed by atoms with Crippen molar-refractivity contribution in [2.24, 2.45) is 11.8 Å². The van der Waals surface area contributed by atoms with E-state index in [4.69, 9.17) is 4.74 Å². The van der Waals surface area contributed by atoms with Gasteiger partial charge in [0.25, 0.3) is 0 Å². The number of nitrogens with one attached hydrogen (secondary N) is 1. The molecule has 1 N–H and O–H groups in total. The third kappa shape index (κ3) is 4.82. The summed E-state index contributed by atoms with van der Waals surface area (Å²) in [6.45, 7) is 4.00. The summed E-state index contributed by atoms with van der Waals surface area (Å²) < 4.78 is 5.18. The van der Waals surface area contributed by atoms with Crippen molar-refractivity contribution in [3.8, 4) is 5.75 Å².